The van der Waals surface area contributed by atoms with E-state index in [1.54, 1.807) is 0 Å². The summed E-state index contributed by atoms with van der Waals surface area (Å²) in [4.78, 5) is 4.68. The molecule has 0 saturated heterocycles. The van der Waals surface area contributed by atoms with Crippen molar-refractivity contribution < 1.29 is 5.11 Å². The molecule has 100 valence electrons. The quantitative estimate of drug-likeness (QED) is 0.893. The molecule has 3 heteroatoms. The van der Waals surface area contributed by atoms with Crippen LogP contribution in [0.5, 0.6) is 0 Å². The summed E-state index contributed by atoms with van der Waals surface area (Å²) in [6.07, 6.45) is 9.65. The molecule has 2 aliphatic carbocycles. The third-order valence-electron chi connectivity index (χ3n) is 4.74. The topological polar surface area (TPSA) is 38.0 Å². The maximum atomic E-state index is 10.4. The number of aromatic nitrogens is 2. The zero-order valence-electron chi connectivity index (χ0n) is 11.4. The number of rotatable bonds is 3. The van der Waals surface area contributed by atoms with E-state index < -0.39 is 0 Å². The minimum Gasteiger partial charge on any atom is -0.391 e. The molecule has 1 aromatic rings. The third-order valence-corrected chi connectivity index (χ3v) is 4.74. The fourth-order valence-electron chi connectivity index (χ4n) is 3.66. The first-order valence-electron chi connectivity index (χ1n) is 7.48. The number of hydrogen-bond acceptors (Lipinski definition) is 2. The Kier molecular flexibility index (Phi) is 3.42. The molecule has 18 heavy (non-hydrogen) atoms. The van der Waals surface area contributed by atoms with Gasteiger partial charge in [0.05, 0.1) is 18.3 Å². The fourth-order valence-corrected chi connectivity index (χ4v) is 3.66. The highest BCUT2D eigenvalue weighted by Crippen LogP contribution is 2.29. The average Bonchev–Trinajstić information content (AvgIpc) is 2.98. The van der Waals surface area contributed by atoms with Gasteiger partial charge in [-0.2, -0.15) is 0 Å². The molecule has 1 fully saturated rings. The molecule has 1 saturated carbocycles. The molecule has 0 bridgehead atoms. The summed E-state index contributed by atoms with van der Waals surface area (Å²) in [6, 6.07) is 0. The van der Waals surface area contributed by atoms with Gasteiger partial charge in [-0.15, -0.1) is 0 Å². The van der Waals surface area contributed by atoms with Gasteiger partial charge in [-0.25, -0.2) is 4.98 Å². The maximum absolute atomic E-state index is 10.4. The van der Waals surface area contributed by atoms with Crippen LogP contribution in [0.4, 0.5) is 0 Å². The van der Waals surface area contributed by atoms with E-state index >= 15 is 0 Å². The highest BCUT2D eigenvalue weighted by Gasteiger charge is 2.26. The second-order valence-electron chi connectivity index (χ2n) is 5.98. The number of fused-ring (bicyclic) bond motifs is 1. The Morgan fingerprint density at radius 2 is 1.94 bits per heavy atom. The lowest BCUT2D eigenvalue weighted by atomic mass is 9.99. The van der Waals surface area contributed by atoms with Crippen LogP contribution in [0.2, 0.25) is 0 Å². The number of aliphatic hydroxyl groups is 1. The second kappa shape index (κ2) is 5.04. The van der Waals surface area contributed by atoms with Crippen molar-refractivity contribution in [1.29, 1.82) is 0 Å². The fraction of sp³-hybridized carbons (Fsp3) is 0.800. The van der Waals surface area contributed by atoms with Crippen molar-refractivity contribution in [3.63, 3.8) is 0 Å². The molecule has 1 aromatic heterocycles. The molecular formula is C15H24N2O. The number of aliphatic hydroxyl groups excluding tert-OH is 1. The summed E-state index contributed by atoms with van der Waals surface area (Å²) in [7, 11) is 0. The molecule has 3 rings (SSSR count). The van der Waals surface area contributed by atoms with Crippen LogP contribution < -0.4 is 0 Å². The lowest BCUT2D eigenvalue weighted by Crippen LogP contribution is -2.25. The molecule has 1 atom stereocenters. The smallest absolute Gasteiger partial charge is 0.106 e. The van der Waals surface area contributed by atoms with Crippen LogP contribution in [0, 0.1) is 12.8 Å². The molecule has 1 N–H and O–H groups in total. The first-order valence-corrected chi connectivity index (χ1v) is 7.48. The van der Waals surface area contributed by atoms with E-state index in [1.807, 2.05) is 0 Å². The Hall–Kier alpha value is -0.830. The lowest BCUT2D eigenvalue weighted by Gasteiger charge is -2.21. The first-order chi connectivity index (χ1) is 8.75. The van der Waals surface area contributed by atoms with Crippen LogP contribution >= 0.6 is 0 Å². The Balaban J connectivity index is 1.77. The van der Waals surface area contributed by atoms with Crippen molar-refractivity contribution in [3.8, 4) is 0 Å². The van der Waals surface area contributed by atoms with Gasteiger partial charge in [0.1, 0.15) is 5.82 Å². The number of hydrogen-bond donors (Lipinski definition) is 1. The molecule has 0 spiro atoms. The van der Waals surface area contributed by atoms with Crippen LogP contribution in [0.15, 0.2) is 0 Å². The number of imidazole rings is 1. The van der Waals surface area contributed by atoms with Crippen LogP contribution in [-0.4, -0.2) is 20.8 Å². The van der Waals surface area contributed by atoms with Gasteiger partial charge in [-0.3, -0.25) is 0 Å². The molecule has 0 amide bonds. The normalized spacial score (nSPS) is 22.1. The summed E-state index contributed by atoms with van der Waals surface area (Å²) in [5.74, 6) is 1.62. The highest BCUT2D eigenvalue weighted by molar-refractivity contribution is 5.20. The minimum atomic E-state index is -0.175. The van der Waals surface area contributed by atoms with Crippen LogP contribution in [0.1, 0.15) is 55.7 Å². The largest absolute Gasteiger partial charge is 0.391 e. The summed E-state index contributed by atoms with van der Waals surface area (Å²) in [6.45, 7) is 2.85. The average molecular weight is 248 g/mol. The highest BCUT2D eigenvalue weighted by atomic mass is 16.3. The molecule has 0 aromatic carbocycles. The Morgan fingerprint density at radius 3 is 2.72 bits per heavy atom. The van der Waals surface area contributed by atoms with E-state index in [1.165, 1.54) is 49.9 Å². The Morgan fingerprint density at radius 1 is 1.22 bits per heavy atom. The van der Waals surface area contributed by atoms with Crippen molar-refractivity contribution in [1.82, 2.24) is 9.55 Å². The van der Waals surface area contributed by atoms with E-state index in [0.29, 0.717) is 5.92 Å². The van der Waals surface area contributed by atoms with E-state index in [2.05, 4.69) is 16.5 Å². The van der Waals surface area contributed by atoms with Gasteiger partial charge in [0.25, 0.3) is 0 Å². The molecule has 1 heterocycles. The van der Waals surface area contributed by atoms with E-state index in [0.717, 1.165) is 25.2 Å². The third kappa shape index (κ3) is 2.20. The summed E-state index contributed by atoms with van der Waals surface area (Å²) >= 11 is 0. The van der Waals surface area contributed by atoms with Gasteiger partial charge in [0.2, 0.25) is 0 Å². The van der Waals surface area contributed by atoms with Crippen molar-refractivity contribution in [3.05, 3.63) is 17.2 Å². The number of nitrogens with zero attached hydrogens (tertiary/aromatic N) is 2. The zero-order chi connectivity index (χ0) is 12.5. The molecule has 0 aliphatic heterocycles. The summed E-state index contributed by atoms with van der Waals surface area (Å²) < 4.78 is 2.29. The van der Waals surface area contributed by atoms with Gasteiger partial charge in [-0.05, 0) is 51.4 Å². The van der Waals surface area contributed by atoms with E-state index in [4.69, 9.17) is 0 Å². The van der Waals surface area contributed by atoms with Crippen molar-refractivity contribution in [2.24, 2.45) is 5.92 Å². The second-order valence-corrected chi connectivity index (χ2v) is 5.98. The van der Waals surface area contributed by atoms with Crippen molar-refractivity contribution >= 4 is 0 Å². The van der Waals surface area contributed by atoms with Crippen LogP contribution in [-0.2, 0) is 19.4 Å². The van der Waals surface area contributed by atoms with E-state index in [-0.39, 0.29) is 6.10 Å². The van der Waals surface area contributed by atoms with Crippen molar-refractivity contribution in [2.75, 3.05) is 0 Å². The molecule has 3 nitrogen and oxygen atoms in total. The van der Waals surface area contributed by atoms with Gasteiger partial charge < -0.3 is 9.67 Å². The molecular weight excluding hydrogens is 224 g/mol. The standard InChI is InChI=1S/C15H24N2O/c1-11-16-13-8-4-5-9-14(13)17(11)10-15(18)12-6-2-3-7-12/h12,15,18H,2-10H2,1H3. The minimum absolute atomic E-state index is 0.175. The molecule has 0 radical (unpaired) electrons. The van der Waals surface area contributed by atoms with Crippen LogP contribution in [0.3, 0.4) is 0 Å². The van der Waals surface area contributed by atoms with Gasteiger partial charge in [0.15, 0.2) is 0 Å². The van der Waals surface area contributed by atoms with Crippen molar-refractivity contribution in [2.45, 2.75) is 70.9 Å². The van der Waals surface area contributed by atoms with Gasteiger partial charge in [0, 0.05) is 5.69 Å². The Bertz CT molecular complexity index is 418. The van der Waals surface area contributed by atoms with E-state index in [9.17, 15) is 5.11 Å². The molecule has 1 unspecified atom stereocenters. The Labute approximate surface area is 109 Å². The summed E-state index contributed by atoms with van der Waals surface area (Å²) in [5.41, 5.74) is 2.69. The molecule has 2 aliphatic rings. The monoisotopic (exact) mass is 248 g/mol. The number of aryl methyl sites for hydroxylation is 2. The predicted octanol–water partition coefficient (Wildman–Crippen LogP) is 2.62. The predicted molar refractivity (Wildman–Crippen MR) is 71.6 cm³/mol. The SMILES string of the molecule is Cc1nc2c(n1CC(O)C1CCCC1)CCCC2. The maximum Gasteiger partial charge on any atom is 0.106 e. The van der Waals surface area contributed by atoms with Gasteiger partial charge >= 0.3 is 0 Å². The first kappa shape index (κ1) is 12.2. The van der Waals surface area contributed by atoms with Crippen LogP contribution in [0.25, 0.3) is 0 Å². The zero-order valence-corrected chi connectivity index (χ0v) is 11.4. The lowest BCUT2D eigenvalue weighted by molar-refractivity contribution is 0.0915. The van der Waals surface area contributed by atoms with Gasteiger partial charge in [-0.1, -0.05) is 12.8 Å². The summed E-state index contributed by atoms with van der Waals surface area (Å²) in [5, 5.41) is 10.4.